The number of carbonyl (C=O) groups excluding carboxylic acids is 1. The summed E-state index contributed by atoms with van der Waals surface area (Å²) < 4.78 is 0. The molecule has 0 bridgehead atoms. The molecule has 102 valence electrons. The number of hydrogen-bond acceptors (Lipinski definition) is 4. The molecule has 1 aliphatic rings. The zero-order valence-corrected chi connectivity index (χ0v) is 10.8. The molecule has 19 heavy (non-hydrogen) atoms. The first-order valence-electron chi connectivity index (χ1n) is 6.32. The van der Waals surface area contributed by atoms with Crippen LogP contribution >= 0.6 is 0 Å². The Hall–Kier alpha value is -2.11. The lowest BCUT2D eigenvalue weighted by atomic mass is 10.1. The molecule has 0 radical (unpaired) electrons. The number of anilines is 1. The predicted molar refractivity (Wildman–Crippen MR) is 71.8 cm³/mol. The SMILES string of the molecule is CC1CCC(NC(=O)c2cccc([N+](=O)[O-])c2N)C1. The van der Waals surface area contributed by atoms with Crippen molar-refractivity contribution in [3.05, 3.63) is 33.9 Å². The molecule has 1 fully saturated rings. The van der Waals surface area contributed by atoms with E-state index in [1.807, 2.05) is 0 Å². The Morgan fingerprint density at radius 1 is 1.47 bits per heavy atom. The number of nitro groups is 1. The zero-order chi connectivity index (χ0) is 14.0. The number of nitrogens with one attached hydrogen (secondary N) is 1. The first-order valence-corrected chi connectivity index (χ1v) is 6.32. The summed E-state index contributed by atoms with van der Waals surface area (Å²) in [6.45, 7) is 2.15. The topological polar surface area (TPSA) is 98.3 Å². The second kappa shape index (κ2) is 5.26. The lowest BCUT2D eigenvalue weighted by Crippen LogP contribution is -2.33. The summed E-state index contributed by atoms with van der Waals surface area (Å²) in [5, 5.41) is 13.7. The van der Waals surface area contributed by atoms with Crippen LogP contribution in [0, 0.1) is 16.0 Å². The van der Waals surface area contributed by atoms with Crippen molar-refractivity contribution in [2.24, 2.45) is 5.92 Å². The van der Waals surface area contributed by atoms with Crippen molar-refractivity contribution in [1.29, 1.82) is 0 Å². The summed E-state index contributed by atoms with van der Waals surface area (Å²) in [7, 11) is 0. The van der Waals surface area contributed by atoms with Gasteiger partial charge in [-0.3, -0.25) is 14.9 Å². The lowest BCUT2D eigenvalue weighted by molar-refractivity contribution is -0.383. The number of carbonyl (C=O) groups is 1. The third-order valence-corrected chi connectivity index (χ3v) is 3.55. The Kier molecular flexibility index (Phi) is 3.69. The van der Waals surface area contributed by atoms with Crippen LogP contribution in [0.5, 0.6) is 0 Å². The quantitative estimate of drug-likeness (QED) is 0.495. The molecule has 0 aromatic heterocycles. The second-order valence-electron chi connectivity index (χ2n) is 5.08. The van der Waals surface area contributed by atoms with E-state index >= 15 is 0 Å². The molecular formula is C13H17N3O3. The van der Waals surface area contributed by atoms with Gasteiger partial charge in [-0.2, -0.15) is 0 Å². The number of hydrogen-bond donors (Lipinski definition) is 2. The Bertz CT molecular complexity index is 516. The minimum Gasteiger partial charge on any atom is -0.393 e. The zero-order valence-electron chi connectivity index (χ0n) is 10.8. The van der Waals surface area contributed by atoms with Crippen LogP contribution in [-0.4, -0.2) is 16.9 Å². The Morgan fingerprint density at radius 3 is 2.79 bits per heavy atom. The van der Waals surface area contributed by atoms with E-state index in [1.54, 1.807) is 0 Å². The summed E-state index contributed by atoms with van der Waals surface area (Å²) in [5.74, 6) is 0.271. The molecule has 6 nitrogen and oxygen atoms in total. The van der Waals surface area contributed by atoms with Crippen LogP contribution in [0.1, 0.15) is 36.5 Å². The number of nitrogens with two attached hydrogens (primary N) is 1. The minimum atomic E-state index is -0.580. The van der Waals surface area contributed by atoms with Gasteiger partial charge in [-0.25, -0.2) is 0 Å². The molecule has 1 saturated carbocycles. The van der Waals surface area contributed by atoms with E-state index < -0.39 is 4.92 Å². The smallest absolute Gasteiger partial charge is 0.292 e. The normalized spacial score (nSPS) is 22.2. The van der Waals surface area contributed by atoms with Gasteiger partial charge < -0.3 is 11.1 Å². The van der Waals surface area contributed by atoms with Gasteiger partial charge in [0.05, 0.1) is 10.5 Å². The molecule has 1 aliphatic carbocycles. The second-order valence-corrected chi connectivity index (χ2v) is 5.08. The van der Waals surface area contributed by atoms with Gasteiger partial charge in [0.25, 0.3) is 11.6 Å². The van der Waals surface area contributed by atoms with Crippen molar-refractivity contribution in [1.82, 2.24) is 5.32 Å². The third-order valence-electron chi connectivity index (χ3n) is 3.55. The maximum Gasteiger partial charge on any atom is 0.292 e. The maximum atomic E-state index is 12.1. The summed E-state index contributed by atoms with van der Waals surface area (Å²) in [5.41, 5.74) is 5.56. The molecule has 2 atom stereocenters. The van der Waals surface area contributed by atoms with Crippen molar-refractivity contribution in [3.8, 4) is 0 Å². The standard InChI is InChI=1S/C13H17N3O3/c1-8-5-6-9(7-8)15-13(17)10-3-2-4-11(12(10)14)16(18)19/h2-4,8-9H,5-7,14H2,1H3,(H,15,17). The summed E-state index contributed by atoms with van der Waals surface area (Å²) >= 11 is 0. The highest BCUT2D eigenvalue weighted by Gasteiger charge is 2.25. The summed E-state index contributed by atoms with van der Waals surface area (Å²) in [6.07, 6.45) is 2.98. The number of para-hydroxylation sites is 1. The first kappa shape index (κ1) is 13.3. The Balaban J connectivity index is 2.15. The third kappa shape index (κ3) is 2.83. The lowest BCUT2D eigenvalue weighted by Gasteiger charge is -2.13. The highest BCUT2D eigenvalue weighted by Crippen LogP contribution is 2.27. The van der Waals surface area contributed by atoms with Gasteiger partial charge in [0.1, 0.15) is 5.69 Å². The monoisotopic (exact) mass is 263 g/mol. The van der Waals surface area contributed by atoms with E-state index in [2.05, 4.69) is 12.2 Å². The summed E-state index contributed by atoms with van der Waals surface area (Å²) in [6, 6.07) is 4.42. The number of nitrogens with zero attached hydrogens (tertiary/aromatic N) is 1. The summed E-state index contributed by atoms with van der Waals surface area (Å²) in [4.78, 5) is 22.3. The van der Waals surface area contributed by atoms with Crippen LogP contribution in [0.4, 0.5) is 11.4 Å². The highest BCUT2D eigenvalue weighted by molar-refractivity contribution is 6.01. The van der Waals surface area contributed by atoms with Gasteiger partial charge in [0.2, 0.25) is 0 Å². The molecule has 1 amide bonds. The van der Waals surface area contributed by atoms with Gasteiger partial charge in [-0.05, 0) is 31.2 Å². The number of amides is 1. The van der Waals surface area contributed by atoms with Gasteiger partial charge in [0, 0.05) is 12.1 Å². The fourth-order valence-electron chi connectivity index (χ4n) is 2.51. The molecule has 6 heteroatoms. The minimum absolute atomic E-state index is 0.0731. The van der Waals surface area contributed by atoms with Gasteiger partial charge >= 0.3 is 0 Å². The van der Waals surface area contributed by atoms with Crippen molar-refractivity contribution in [2.45, 2.75) is 32.2 Å². The number of nitrogen functional groups attached to an aromatic ring is 1. The van der Waals surface area contributed by atoms with Crippen LogP contribution in [-0.2, 0) is 0 Å². The number of benzene rings is 1. The maximum absolute atomic E-state index is 12.1. The van der Waals surface area contributed by atoms with E-state index in [4.69, 9.17) is 5.73 Å². The average molecular weight is 263 g/mol. The van der Waals surface area contributed by atoms with E-state index in [-0.39, 0.29) is 28.9 Å². The Morgan fingerprint density at radius 2 is 2.21 bits per heavy atom. The molecule has 0 saturated heterocycles. The molecule has 2 unspecified atom stereocenters. The van der Waals surface area contributed by atoms with Gasteiger partial charge in [0.15, 0.2) is 0 Å². The van der Waals surface area contributed by atoms with Crippen LogP contribution < -0.4 is 11.1 Å². The van der Waals surface area contributed by atoms with Crippen LogP contribution in [0.25, 0.3) is 0 Å². The van der Waals surface area contributed by atoms with Crippen LogP contribution in [0.3, 0.4) is 0 Å². The van der Waals surface area contributed by atoms with E-state index in [0.29, 0.717) is 5.92 Å². The van der Waals surface area contributed by atoms with E-state index in [0.717, 1.165) is 19.3 Å². The van der Waals surface area contributed by atoms with Gasteiger partial charge in [-0.15, -0.1) is 0 Å². The number of rotatable bonds is 3. The first-order chi connectivity index (χ1) is 8.99. The van der Waals surface area contributed by atoms with Crippen molar-refractivity contribution >= 4 is 17.3 Å². The molecule has 0 aliphatic heterocycles. The molecule has 0 spiro atoms. The van der Waals surface area contributed by atoms with E-state index in [1.165, 1.54) is 18.2 Å². The van der Waals surface area contributed by atoms with Crippen molar-refractivity contribution < 1.29 is 9.72 Å². The fourth-order valence-corrected chi connectivity index (χ4v) is 2.51. The fraction of sp³-hybridized carbons (Fsp3) is 0.462. The van der Waals surface area contributed by atoms with Gasteiger partial charge in [-0.1, -0.05) is 13.0 Å². The molecular weight excluding hydrogens is 246 g/mol. The van der Waals surface area contributed by atoms with Crippen LogP contribution in [0.2, 0.25) is 0 Å². The largest absolute Gasteiger partial charge is 0.393 e. The average Bonchev–Trinajstić information content (AvgIpc) is 2.74. The van der Waals surface area contributed by atoms with E-state index in [9.17, 15) is 14.9 Å². The predicted octanol–water partition coefficient (Wildman–Crippen LogP) is 2.10. The Labute approximate surface area is 111 Å². The van der Waals surface area contributed by atoms with Crippen molar-refractivity contribution in [2.75, 3.05) is 5.73 Å². The van der Waals surface area contributed by atoms with Crippen LogP contribution in [0.15, 0.2) is 18.2 Å². The molecule has 1 aromatic carbocycles. The van der Waals surface area contributed by atoms with Crippen molar-refractivity contribution in [3.63, 3.8) is 0 Å². The molecule has 1 aromatic rings. The molecule has 0 heterocycles. The molecule has 2 rings (SSSR count). The molecule has 3 N–H and O–H groups in total. The highest BCUT2D eigenvalue weighted by atomic mass is 16.6. The number of nitro benzene ring substituents is 1.